The van der Waals surface area contributed by atoms with Crippen molar-refractivity contribution in [2.24, 2.45) is 5.41 Å². The molecule has 9 aromatic rings. The molecular weight excluding hydrogens is 946 g/mol. The lowest BCUT2D eigenvalue weighted by Gasteiger charge is -2.49. The molecular formula is C74H80BNO2. The normalized spacial score (nSPS) is 20.3. The van der Waals surface area contributed by atoms with Crippen molar-refractivity contribution in [3.05, 3.63) is 201 Å². The van der Waals surface area contributed by atoms with E-state index in [2.05, 4.69) is 248 Å². The SMILES string of the molecule is CC1c2cc(Cc3ccccc3C3(C)CCCCC3(C)C)cc3c2B(c2oc4c(c2N3c2ccc(C(C)(C)C)cc2)C(C)(C)c2ccccc2-4)c2c(ccc3c2oc2ccc(C(C)(C)C)cc23)C1c1ccc(C(C)(C)C)cc1. The lowest BCUT2D eigenvalue weighted by Crippen LogP contribution is -2.58. The van der Waals surface area contributed by atoms with Crippen molar-refractivity contribution in [2.45, 2.75) is 175 Å². The van der Waals surface area contributed by atoms with Crippen LogP contribution >= 0.6 is 0 Å². The average molecular weight is 1030 g/mol. The number of furan rings is 2. The Kier molecular flexibility index (Phi) is 11.3. The third-order valence-corrected chi connectivity index (χ3v) is 20.2. The maximum Gasteiger partial charge on any atom is 0.297 e. The predicted molar refractivity (Wildman–Crippen MR) is 331 cm³/mol. The fourth-order valence-electron chi connectivity index (χ4n) is 15.2. The Morgan fingerprint density at radius 3 is 1.90 bits per heavy atom. The molecule has 0 N–H and O–H groups in total. The molecule has 0 spiro atoms. The quantitative estimate of drug-likeness (QED) is 0.161. The Morgan fingerprint density at radius 1 is 0.590 bits per heavy atom. The van der Waals surface area contributed by atoms with Crippen molar-refractivity contribution in [2.75, 3.05) is 4.90 Å². The van der Waals surface area contributed by atoms with Crippen LogP contribution in [-0.2, 0) is 33.5 Å². The maximum atomic E-state index is 7.87. The summed E-state index contributed by atoms with van der Waals surface area (Å²) < 4.78 is 15.3. The van der Waals surface area contributed by atoms with Gasteiger partial charge in [-0.1, -0.05) is 226 Å². The van der Waals surface area contributed by atoms with Crippen molar-refractivity contribution < 1.29 is 8.83 Å². The van der Waals surface area contributed by atoms with Crippen LogP contribution in [0.25, 0.3) is 33.3 Å². The first-order valence-corrected chi connectivity index (χ1v) is 29.4. The first-order chi connectivity index (χ1) is 36.9. The Labute approximate surface area is 466 Å². The minimum absolute atomic E-state index is 0.00399. The zero-order valence-electron chi connectivity index (χ0n) is 49.3. The van der Waals surface area contributed by atoms with E-state index >= 15 is 0 Å². The van der Waals surface area contributed by atoms with E-state index in [1.165, 1.54) is 120 Å². The first-order valence-electron chi connectivity index (χ1n) is 29.4. The number of hydrogen-bond acceptors (Lipinski definition) is 3. The maximum absolute atomic E-state index is 7.87. The second-order valence-electron chi connectivity index (χ2n) is 28.8. The standard InChI is InChI=1S/C74H80BNO2/c1-44-55-41-45(40-47-22-16-18-24-57(47)74(15)39-21-20-38-72(74,11)12)42-59-63(55)75(68-65(76(59)51-33-30-49(31-34-51)70(5,6)7)62-66(78-68)53-23-17-19-25-58(53)73(62,13)14)64-54(61(44)46-26-28-48(29-27-46)69(2,3)4)36-35-52-56-43-50(71(8,9)10)32-37-60(56)77-67(52)64/h16-19,22-37,41-44,61H,20-21,38-40H2,1-15H3. The molecule has 1 saturated carbocycles. The van der Waals surface area contributed by atoms with E-state index in [0.29, 0.717) is 0 Å². The van der Waals surface area contributed by atoms with Crippen molar-refractivity contribution >= 4 is 62.3 Å². The van der Waals surface area contributed by atoms with Gasteiger partial charge in [0.2, 0.25) is 0 Å². The van der Waals surface area contributed by atoms with Crippen LogP contribution in [-0.4, -0.2) is 6.71 Å². The van der Waals surface area contributed by atoms with Gasteiger partial charge in [0, 0.05) is 44.6 Å². The Hall–Kier alpha value is -6.52. The van der Waals surface area contributed by atoms with Crippen molar-refractivity contribution in [1.82, 2.24) is 0 Å². The van der Waals surface area contributed by atoms with Gasteiger partial charge in [0.15, 0.2) is 0 Å². The molecule has 78 heavy (non-hydrogen) atoms. The van der Waals surface area contributed by atoms with Gasteiger partial charge in [-0.15, -0.1) is 0 Å². The molecule has 7 aromatic carbocycles. The second kappa shape index (κ2) is 17.2. The summed E-state index contributed by atoms with van der Waals surface area (Å²) in [6.45, 7) is 35.5. The summed E-state index contributed by atoms with van der Waals surface area (Å²) in [5, 5.41) is 2.33. The van der Waals surface area contributed by atoms with Crippen molar-refractivity contribution in [3.8, 4) is 11.3 Å². The molecule has 4 aliphatic rings. The largest absolute Gasteiger partial charge is 0.468 e. The highest BCUT2D eigenvalue weighted by Crippen LogP contribution is 2.58. The van der Waals surface area contributed by atoms with E-state index in [4.69, 9.17) is 8.83 Å². The fraction of sp³-hybridized carbons (Fsp3) is 0.378. The van der Waals surface area contributed by atoms with E-state index in [1.54, 1.807) is 0 Å². The number of hydrogen-bond donors (Lipinski definition) is 0. The van der Waals surface area contributed by atoms with Gasteiger partial charge in [-0.25, -0.2) is 0 Å². The molecule has 396 valence electrons. The molecule has 3 atom stereocenters. The lowest BCUT2D eigenvalue weighted by atomic mass is 9.36. The van der Waals surface area contributed by atoms with Crippen molar-refractivity contribution in [1.29, 1.82) is 0 Å². The summed E-state index contributed by atoms with van der Waals surface area (Å²) in [6.07, 6.45) is 5.86. The van der Waals surface area contributed by atoms with Gasteiger partial charge in [0.1, 0.15) is 16.9 Å². The van der Waals surface area contributed by atoms with Gasteiger partial charge in [0.05, 0.1) is 11.3 Å². The van der Waals surface area contributed by atoms with Crippen LogP contribution in [0.4, 0.5) is 17.1 Å². The lowest BCUT2D eigenvalue weighted by molar-refractivity contribution is 0.108. The average Bonchev–Trinajstić information content (AvgIpc) is 3.04. The summed E-state index contributed by atoms with van der Waals surface area (Å²) in [7, 11) is 0. The molecule has 0 saturated heterocycles. The Morgan fingerprint density at radius 2 is 1.22 bits per heavy atom. The first kappa shape index (κ1) is 51.0. The molecule has 2 aliphatic heterocycles. The van der Waals surface area contributed by atoms with Gasteiger partial charge in [-0.3, -0.25) is 0 Å². The van der Waals surface area contributed by atoms with Gasteiger partial charge >= 0.3 is 0 Å². The van der Waals surface area contributed by atoms with Crippen molar-refractivity contribution in [3.63, 3.8) is 0 Å². The van der Waals surface area contributed by atoms with Crippen LogP contribution in [0.1, 0.15) is 203 Å². The highest BCUT2D eigenvalue weighted by atomic mass is 16.3. The molecule has 4 heterocycles. The third-order valence-electron chi connectivity index (χ3n) is 20.2. The smallest absolute Gasteiger partial charge is 0.297 e. The molecule has 0 bridgehead atoms. The van der Waals surface area contributed by atoms with Gasteiger partial charge in [-0.2, -0.15) is 0 Å². The molecule has 2 aliphatic carbocycles. The molecule has 1 fully saturated rings. The molecule has 13 rings (SSSR count). The number of rotatable bonds is 5. The van der Waals surface area contributed by atoms with Crippen LogP contribution in [0.3, 0.4) is 0 Å². The summed E-state index contributed by atoms with van der Waals surface area (Å²) in [6, 6.07) is 54.6. The third kappa shape index (κ3) is 7.57. The van der Waals surface area contributed by atoms with Crippen LogP contribution in [0.15, 0.2) is 148 Å². The highest BCUT2D eigenvalue weighted by molar-refractivity contribution is 6.99. The molecule has 0 amide bonds. The van der Waals surface area contributed by atoms with Crippen LogP contribution in [0, 0.1) is 5.41 Å². The highest BCUT2D eigenvalue weighted by Gasteiger charge is 2.53. The summed E-state index contributed by atoms with van der Waals surface area (Å²) in [5.41, 5.74) is 24.9. The molecule has 0 radical (unpaired) electrons. The van der Waals surface area contributed by atoms with E-state index in [1.807, 2.05) is 0 Å². The Bertz CT molecular complexity index is 3880. The molecule has 2 aromatic heterocycles. The summed E-state index contributed by atoms with van der Waals surface area (Å²) >= 11 is 0. The van der Waals surface area contributed by atoms with E-state index in [9.17, 15) is 0 Å². The zero-order chi connectivity index (χ0) is 54.8. The second-order valence-corrected chi connectivity index (χ2v) is 28.8. The van der Waals surface area contributed by atoms with Crippen LogP contribution in [0.2, 0.25) is 0 Å². The number of benzene rings is 7. The molecule has 3 nitrogen and oxygen atoms in total. The van der Waals surface area contributed by atoms with Crippen LogP contribution < -0.4 is 21.5 Å². The zero-order valence-corrected chi connectivity index (χ0v) is 49.3. The minimum Gasteiger partial charge on any atom is -0.468 e. The van der Waals surface area contributed by atoms with Gasteiger partial charge < -0.3 is 13.7 Å². The summed E-state index contributed by atoms with van der Waals surface area (Å²) in [4.78, 5) is 2.65. The van der Waals surface area contributed by atoms with Gasteiger partial charge in [0.25, 0.3) is 6.71 Å². The predicted octanol–water partition coefficient (Wildman–Crippen LogP) is 18.4. The monoisotopic (exact) mass is 1030 g/mol. The minimum atomic E-state index is -0.349. The van der Waals surface area contributed by atoms with E-state index < -0.39 is 0 Å². The number of anilines is 3. The summed E-state index contributed by atoms with van der Waals surface area (Å²) in [5.74, 6) is 1.08. The van der Waals surface area contributed by atoms with E-state index in [0.717, 1.165) is 40.1 Å². The molecule has 3 unspecified atom stereocenters. The fourth-order valence-corrected chi connectivity index (χ4v) is 15.2. The topological polar surface area (TPSA) is 29.5 Å². The number of fused-ring (bicyclic) bond motifs is 12. The molecule has 4 heteroatoms. The Balaban J connectivity index is 1.16. The van der Waals surface area contributed by atoms with Gasteiger partial charge in [-0.05, 0) is 149 Å². The number of nitrogens with zero attached hydrogens (tertiary/aromatic N) is 1. The van der Waals surface area contributed by atoms with E-state index in [-0.39, 0.29) is 51.0 Å². The van der Waals surface area contributed by atoms with Crippen LogP contribution in [0.5, 0.6) is 0 Å².